The summed E-state index contributed by atoms with van der Waals surface area (Å²) in [4.78, 5) is 21.3. The minimum atomic E-state index is -0.397. The van der Waals surface area contributed by atoms with Crippen LogP contribution < -0.4 is 10.2 Å². The lowest BCUT2D eigenvalue weighted by molar-refractivity contribution is -0.385. The zero-order chi connectivity index (χ0) is 15.4. The van der Waals surface area contributed by atoms with Crippen LogP contribution in [0.25, 0.3) is 0 Å². The number of piperidine rings is 1. The van der Waals surface area contributed by atoms with E-state index in [1.807, 2.05) is 4.90 Å². The summed E-state index contributed by atoms with van der Waals surface area (Å²) in [6.45, 7) is 3.87. The Hall–Kier alpha value is -1.96. The van der Waals surface area contributed by atoms with E-state index >= 15 is 0 Å². The Morgan fingerprint density at radius 3 is 2.62 bits per heavy atom. The molecule has 0 aliphatic carbocycles. The first-order valence-corrected chi connectivity index (χ1v) is 7.01. The molecule has 8 heteroatoms. The molecule has 2 heterocycles. The number of nitrogens with one attached hydrogen (secondary N) is 1. The van der Waals surface area contributed by atoms with Crippen LogP contribution in [0.4, 0.5) is 17.5 Å². The van der Waals surface area contributed by atoms with Gasteiger partial charge in [0.2, 0.25) is 11.8 Å². The van der Waals surface area contributed by atoms with E-state index in [9.17, 15) is 10.1 Å². The lowest BCUT2D eigenvalue weighted by Gasteiger charge is -2.32. The van der Waals surface area contributed by atoms with Gasteiger partial charge in [-0.15, -0.1) is 0 Å². The molecule has 0 bridgehead atoms. The Morgan fingerprint density at radius 1 is 1.43 bits per heavy atom. The lowest BCUT2D eigenvalue weighted by atomic mass is 9.98. The number of nitrogens with zero attached hydrogens (tertiary/aromatic N) is 4. The van der Waals surface area contributed by atoms with E-state index < -0.39 is 4.92 Å². The summed E-state index contributed by atoms with van der Waals surface area (Å²) >= 11 is 0. The first-order chi connectivity index (χ1) is 10.1. The maximum absolute atomic E-state index is 11.3. The minimum absolute atomic E-state index is 0.000749. The van der Waals surface area contributed by atoms with Gasteiger partial charge in [0.15, 0.2) is 0 Å². The summed E-state index contributed by atoms with van der Waals surface area (Å²) in [5, 5.41) is 14.2. The number of aryl methyl sites for hydroxylation is 1. The molecule has 1 N–H and O–H groups in total. The van der Waals surface area contributed by atoms with Crippen LogP contribution in [0.15, 0.2) is 0 Å². The molecule has 1 aliphatic rings. The molecule has 0 aromatic carbocycles. The highest BCUT2D eigenvalue weighted by Gasteiger charge is 2.29. The average molecular weight is 295 g/mol. The normalized spacial score (nSPS) is 16.0. The number of ether oxygens (including phenoxy) is 1. The fourth-order valence-electron chi connectivity index (χ4n) is 2.65. The van der Waals surface area contributed by atoms with Crippen molar-refractivity contribution in [3.63, 3.8) is 0 Å². The van der Waals surface area contributed by atoms with Gasteiger partial charge in [0, 0.05) is 33.9 Å². The van der Waals surface area contributed by atoms with E-state index in [4.69, 9.17) is 4.74 Å². The van der Waals surface area contributed by atoms with Crippen molar-refractivity contribution in [3.05, 3.63) is 15.8 Å². The van der Waals surface area contributed by atoms with Crippen LogP contribution in [0.1, 0.15) is 18.5 Å². The van der Waals surface area contributed by atoms with Crippen molar-refractivity contribution < 1.29 is 9.66 Å². The Bertz CT molecular complexity index is 515. The molecule has 21 heavy (non-hydrogen) atoms. The number of anilines is 2. The number of methoxy groups -OCH3 is 1. The molecule has 1 aromatic rings. The van der Waals surface area contributed by atoms with Gasteiger partial charge in [-0.3, -0.25) is 10.1 Å². The summed E-state index contributed by atoms with van der Waals surface area (Å²) in [7, 11) is 3.40. The first kappa shape index (κ1) is 15.4. The van der Waals surface area contributed by atoms with Gasteiger partial charge in [0.05, 0.1) is 4.92 Å². The second-order valence-electron chi connectivity index (χ2n) is 5.20. The molecule has 8 nitrogen and oxygen atoms in total. The topological polar surface area (TPSA) is 93.4 Å². The average Bonchev–Trinajstić information content (AvgIpc) is 2.47. The largest absolute Gasteiger partial charge is 0.384 e. The maximum atomic E-state index is 11.3. The molecule has 0 radical (unpaired) electrons. The number of hydrogen-bond donors (Lipinski definition) is 1. The van der Waals surface area contributed by atoms with Gasteiger partial charge < -0.3 is 15.0 Å². The Labute approximate surface area is 123 Å². The molecule has 1 aromatic heterocycles. The Morgan fingerprint density at radius 2 is 2.10 bits per heavy atom. The zero-order valence-electron chi connectivity index (χ0n) is 12.6. The van der Waals surface area contributed by atoms with E-state index in [1.54, 1.807) is 21.1 Å². The SMILES string of the molecule is CNc1nc(C)c([N+](=O)[O-])c(N2CCC(COC)CC2)n1. The third-order valence-corrected chi connectivity index (χ3v) is 3.76. The van der Waals surface area contributed by atoms with Crippen molar-refractivity contribution in [3.8, 4) is 0 Å². The predicted octanol–water partition coefficient (Wildman–Crippen LogP) is 1.60. The molecule has 1 saturated heterocycles. The molecule has 0 atom stereocenters. The van der Waals surface area contributed by atoms with Crippen molar-refractivity contribution in [1.82, 2.24) is 9.97 Å². The highest BCUT2D eigenvalue weighted by atomic mass is 16.6. The molecule has 0 saturated carbocycles. The van der Waals surface area contributed by atoms with Crippen molar-refractivity contribution in [1.29, 1.82) is 0 Å². The molecule has 116 valence electrons. The number of nitro groups is 1. The molecular weight excluding hydrogens is 274 g/mol. The summed E-state index contributed by atoms with van der Waals surface area (Å²) in [6, 6.07) is 0. The van der Waals surface area contributed by atoms with Gasteiger partial charge in [0.1, 0.15) is 5.69 Å². The fourth-order valence-corrected chi connectivity index (χ4v) is 2.65. The summed E-state index contributed by atoms with van der Waals surface area (Å²) in [5.41, 5.74) is 0.382. The highest BCUT2D eigenvalue weighted by Crippen LogP contribution is 2.32. The van der Waals surface area contributed by atoms with Gasteiger partial charge in [-0.1, -0.05) is 0 Å². The van der Waals surface area contributed by atoms with Gasteiger partial charge in [0.25, 0.3) is 0 Å². The monoisotopic (exact) mass is 295 g/mol. The molecule has 1 aliphatic heterocycles. The van der Waals surface area contributed by atoms with Crippen LogP contribution in [0, 0.1) is 23.0 Å². The first-order valence-electron chi connectivity index (χ1n) is 7.01. The van der Waals surface area contributed by atoms with E-state index in [-0.39, 0.29) is 5.69 Å². The molecule has 0 amide bonds. The molecule has 0 spiro atoms. The molecule has 2 rings (SSSR count). The van der Waals surface area contributed by atoms with Gasteiger partial charge in [-0.25, -0.2) is 4.98 Å². The Kier molecular flexibility index (Phi) is 4.89. The quantitative estimate of drug-likeness (QED) is 0.651. The standard InChI is InChI=1S/C13H21N5O3/c1-9-11(18(19)20)12(16-13(14-2)15-9)17-6-4-10(5-7-17)8-21-3/h10H,4-8H2,1-3H3,(H,14,15,16). The molecular formula is C13H21N5O3. The third kappa shape index (κ3) is 3.38. The predicted molar refractivity (Wildman–Crippen MR) is 79.8 cm³/mol. The van der Waals surface area contributed by atoms with Gasteiger partial charge >= 0.3 is 5.69 Å². The Balaban J connectivity index is 2.26. The van der Waals surface area contributed by atoms with Crippen molar-refractivity contribution in [2.45, 2.75) is 19.8 Å². The molecule has 1 fully saturated rings. The van der Waals surface area contributed by atoms with Crippen LogP contribution in [0.2, 0.25) is 0 Å². The highest BCUT2D eigenvalue weighted by molar-refractivity contribution is 5.62. The zero-order valence-corrected chi connectivity index (χ0v) is 12.6. The van der Waals surface area contributed by atoms with E-state index in [2.05, 4.69) is 15.3 Å². The van der Waals surface area contributed by atoms with Gasteiger partial charge in [-0.2, -0.15) is 4.98 Å². The summed E-state index contributed by atoms with van der Waals surface area (Å²) in [5.74, 6) is 1.33. The number of aromatic nitrogens is 2. The second kappa shape index (κ2) is 6.66. The lowest BCUT2D eigenvalue weighted by Crippen LogP contribution is -2.36. The van der Waals surface area contributed by atoms with Crippen molar-refractivity contribution in [2.75, 3.05) is 44.1 Å². The van der Waals surface area contributed by atoms with Crippen LogP contribution in [-0.2, 0) is 4.74 Å². The van der Waals surface area contributed by atoms with E-state index in [1.165, 1.54) is 0 Å². The van der Waals surface area contributed by atoms with Crippen LogP contribution in [0.3, 0.4) is 0 Å². The summed E-state index contributed by atoms with van der Waals surface area (Å²) in [6.07, 6.45) is 1.89. The van der Waals surface area contributed by atoms with Crippen LogP contribution in [0.5, 0.6) is 0 Å². The van der Waals surface area contributed by atoms with Gasteiger partial charge in [-0.05, 0) is 25.7 Å². The number of hydrogen-bond acceptors (Lipinski definition) is 7. The maximum Gasteiger partial charge on any atom is 0.332 e. The van der Waals surface area contributed by atoms with E-state index in [0.29, 0.717) is 23.4 Å². The van der Waals surface area contributed by atoms with E-state index in [0.717, 1.165) is 32.5 Å². The third-order valence-electron chi connectivity index (χ3n) is 3.76. The number of rotatable bonds is 5. The van der Waals surface area contributed by atoms with Crippen LogP contribution in [-0.4, -0.2) is 48.7 Å². The van der Waals surface area contributed by atoms with Crippen LogP contribution >= 0.6 is 0 Å². The smallest absolute Gasteiger partial charge is 0.332 e. The molecule has 0 unspecified atom stereocenters. The minimum Gasteiger partial charge on any atom is -0.384 e. The summed E-state index contributed by atoms with van der Waals surface area (Å²) < 4.78 is 5.18. The van der Waals surface area contributed by atoms with Crippen molar-refractivity contribution in [2.24, 2.45) is 5.92 Å². The van der Waals surface area contributed by atoms with Crippen molar-refractivity contribution >= 4 is 17.5 Å². The second-order valence-corrected chi connectivity index (χ2v) is 5.20. The fraction of sp³-hybridized carbons (Fsp3) is 0.692.